The number of nitrogens with one attached hydrogen (secondary N) is 1. The minimum Gasteiger partial charge on any atom is -0.312 e. The SMILES string of the molecule is CC(C)N1CC(NCC(C)(C)C)CC(c2ccccc2)C1. The molecule has 0 spiro atoms. The van der Waals surface area contributed by atoms with Gasteiger partial charge in [-0.25, -0.2) is 0 Å². The Labute approximate surface area is 130 Å². The molecule has 0 amide bonds. The maximum absolute atomic E-state index is 3.80. The second-order valence-corrected chi connectivity index (χ2v) is 8.03. The fourth-order valence-electron chi connectivity index (χ4n) is 3.12. The molecular weight excluding hydrogens is 256 g/mol. The third kappa shape index (κ3) is 5.12. The molecule has 0 bridgehead atoms. The van der Waals surface area contributed by atoms with E-state index in [0.717, 1.165) is 6.54 Å². The molecule has 1 fully saturated rings. The van der Waals surface area contributed by atoms with Gasteiger partial charge in [-0.05, 0) is 37.2 Å². The monoisotopic (exact) mass is 288 g/mol. The Hall–Kier alpha value is -0.860. The maximum atomic E-state index is 3.80. The summed E-state index contributed by atoms with van der Waals surface area (Å²) in [6.07, 6.45) is 1.25. The molecule has 0 radical (unpaired) electrons. The van der Waals surface area contributed by atoms with Gasteiger partial charge in [-0.2, -0.15) is 0 Å². The average molecular weight is 288 g/mol. The van der Waals surface area contributed by atoms with Gasteiger partial charge in [-0.1, -0.05) is 51.1 Å². The van der Waals surface area contributed by atoms with Gasteiger partial charge in [0.2, 0.25) is 0 Å². The van der Waals surface area contributed by atoms with Crippen LogP contribution in [-0.2, 0) is 0 Å². The fraction of sp³-hybridized carbons (Fsp3) is 0.684. The second kappa shape index (κ2) is 6.93. The lowest BCUT2D eigenvalue weighted by molar-refractivity contribution is 0.133. The van der Waals surface area contributed by atoms with Crippen LogP contribution in [0, 0.1) is 5.41 Å². The first-order valence-corrected chi connectivity index (χ1v) is 8.37. The fourth-order valence-corrected chi connectivity index (χ4v) is 3.12. The van der Waals surface area contributed by atoms with E-state index in [1.807, 2.05) is 0 Å². The molecule has 1 aliphatic heterocycles. The van der Waals surface area contributed by atoms with Crippen LogP contribution in [0.1, 0.15) is 52.5 Å². The van der Waals surface area contributed by atoms with Crippen molar-refractivity contribution >= 4 is 0 Å². The predicted molar refractivity (Wildman–Crippen MR) is 91.8 cm³/mol. The Kier molecular flexibility index (Phi) is 5.45. The maximum Gasteiger partial charge on any atom is 0.0201 e. The van der Waals surface area contributed by atoms with E-state index in [1.165, 1.54) is 25.1 Å². The minimum absolute atomic E-state index is 0.350. The summed E-state index contributed by atoms with van der Waals surface area (Å²) in [4.78, 5) is 2.63. The molecule has 2 heteroatoms. The number of benzene rings is 1. The minimum atomic E-state index is 0.350. The molecule has 118 valence electrons. The van der Waals surface area contributed by atoms with Crippen LogP contribution in [0.3, 0.4) is 0 Å². The molecule has 1 heterocycles. The summed E-state index contributed by atoms with van der Waals surface area (Å²) < 4.78 is 0. The van der Waals surface area contributed by atoms with Gasteiger partial charge in [0.05, 0.1) is 0 Å². The standard InChI is InChI=1S/C19H32N2/c1-15(2)21-12-17(16-9-7-6-8-10-16)11-18(13-21)20-14-19(3,4)5/h6-10,15,17-18,20H,11-14H2,1-5H3. The van der Waals surface area contributed by atoms with Crippen LogP contribution in [0.15, 0.2) is 30.3 Å². The van der Waals surface area contributed by atoms with Crippen LogP contribution in [0.5, 0.6) is 0 Å². The Balaban J connectivity index is 2.05. The van der Waals surface area contributed by atoms with Gasteiger partial charge < -0.3 is 5.32 Å². The van der Waals surface area contributed by atoms with Gasteiger partial charge >= 0.3 is 0 Å². The molecule has 1 aliphatic rings. The normalized spacial score (nSPS) is 24.5. The van der Waals surface area contributed by atoms with E-state index in [2.05, 4.69) is 75.2 Å². The summed E-state index contributed by atoms with van der Waals surface area (Å²) in [5.74, 6) is 0.653. The number of hydrogen-bond donors (Lipinski definition) is 1. The number of hydrogen-bond acceptors (Lipinski definition) is 2. The van der Waals surface area contributed by atoms with Gasteiger partial charge in [0, 0.05) is 31.7 Å². The molecule has 1 aromatic carbocycles. The zero-order chi connectivity index (χ0) is 15.5. The van der Waals surface area contributed by atoms with E-state index >= 15 is 0 Å². The highest BCUT2D eigenvalue weighted by molar-refractivity contribution is 5.21. The molecule has 0 aliphatic carbocycles. The van der Waals surface area contributed by atoms with Crippen molar-refractivity contribution in [3.8, 4) is 0 Å². The third-order valence-electron chi connectivity index (χ3n) is 4.40. The highest BCUT2D eigenvalue weighted by Gasteiger charge is 2.29. The van der Waals surface area contributed by atoms with Crippen molar-refractivity contribution in [2.45, 2.75) is 59.0 Å². The number of piperidine rings is 1. The van der Waals surface area contributed by atoms with Crippen molar-refractivity contribution in [2.24, 2.45) is 5.41 Å². The largest absolute Gasteiger partial charge is 0.312 e. The average Bonchev–Trinajstić information content (AvgIpc) is 2.45. The summed E-state index contributed by atoms with van der Waals surface area (Å²) in [5.41, 5.74) is 1.84. The lowest BCUT2D eigenvalue weighted by Gasteiger charge is -2.41. The number of nitrogens with zero attached hydrogens (tertiary/aromatic N) is 1. The summed E-state index contributed by atoms with van der Waals surface area (Å²) in [7, 11) is 0. The van der Waals surface area contributed by atoms with Gasteiger partial charge in [0.1, 0.15) is 0 Å². The first-order chi connectivity index (χ1) is 9.85. The molecule has 1 N–H and O–H groups in total. The summed E-state index contributed by atoms with van der Waals surface area (Å²) in [6.45, 7) is 15.0. The quantitative estimate of drug-likeness (QED) is 0.904. The van der Waals surface area contributed by atoms with Crippen LogP contribution >= 0.6 is 0 Å². The first-order valence-electron chi connectivity index (χ1n) is 8.37. The molecule has 2 unspecified atom stereocenters. The summed E-state index contributed by atoms with van der Waals surface area (Å²) in [5, 5.41) is 3.80. The highest BCUT2D eigenvalue weighted by Crippen LogP contribution is 2.28. The van der Waals surface area contributed by atoms with Crippen molar-refractivity contribution in [1.29, 1.82) is 0 Å². The van der Waals surface area contributed by atoms with E-state index in [4.69, 9.17) is 0 Å². The van der Waals surface area contributed by atoms with Gasteiger partial charge in [-0.15, -0.1) is 0 Å². The van der Waals surface area contributed by atoms with Crippen molar-refractivity contribution in [3.63, 3.8) is 0 Å². The third-order valence-corrected chi connectivity index (χ3v) is 4.40. The lowest BCUT2D eigenvalue weighted by Crippen LogP contribution is -2.52. The van der Waals surface area contributed by atoms with Crippen molar-refractivity contribution in [2.75, 3.05) is 19.6 Å². The predicted octanol–water partition coefficient (Wildman–Crippen LogP) is 3.89. The Bertz CT molecular complexity index is 419. The zero-order valence-electron chi connectivity index (χ0n) is 14.4. The summed E-state index contributed by atoms with van der Waals surface area (Å²) >= 11 is 0. The van der Waals surface area contributed by atoms with Crippen molar-refractivity contribution in [3.05, 3.63) is 35.9 Å². The van der Waals surface area contributed by atoms with Crippen LogP contribution < -0.4 is 5.32 Å². The Morgan fingerprint density at radius 3 is 2.38 bits per heavy atom. The number of likely N-dealkylation sites (tertiary alicyclic amines) is 1. The molecule has 2 nitrogen and oxygen atoms in total. The molecule has 0 aromatic heterocycles. The van der Waals surface area contributed by atoms with Crippen LogP contribution in [0.2, 0.25) is 0 Å². The van der Waals surface area contributed by atoms with E-state index in [0.29, 0.717) is 23.4 Å². The van der Waals surface area contributed by atoms with Crippen molar-refractivity contribution in [1.82, 2.24) is 10.2 Å². The zero-order valence-corrected chi connectivity index (χ0v) is 14.4. The molecule has 0 saturated carbocycles. The smallest absolute Gasteiger partial charge is 0.0201 e. The molecule has 21 heavy (non-hydrogen) atoms. The molecule has 2 atom stereocenters. The van der Waals surface area contributed by atoms with Crippen LogP contribution in [0.4, 0.5) is 0 Å². The van der Waals surface area contributed by atoms with Gasteiger partial charge in [0.15, 0.2) is 0 Å². The topological polar surface area (TPSA) is 15.3 Å². The van der Waals surface area contributed by atoms with E-state index in [9.17, 15) is 0 Å². The Morgan fingerprint density at radius 2 is 1.81 bits per heavy atom. The summed E-state index contributed by atoms with van der Waals surface area (Å²) in [6, 6.07) is 12.2. The van der Waals surface area contributed by atoms with Crippen molar-refractivity contribution < 1.29 is 0 Å². The first kappa shape index (κ1) is 16.5. The Morgan fingerprint density at radius 1 is 1.14 bits per heavy atom. The van der Waals surface area contributed by atoms with Crippen LogP contribution in [0.25, 0.3) is 0 Å². The van der Waals surface area contributed by atoms with E-state index in [-0.39, 0.29) is 0 Å². The van der Waals surface area contributed by atoms with Gasteiger partial charge in [-0.3, -0.25) is 4.90 Å². The molecule has 2 rings (SSSR count). The lowest BCUT2D eigenvalue weighted by atomic mass is 9.86. The molecule has 1 aromatic rings. The van der Waals surface area contributed by atoms with E-state index < -0.39 is 0 Å². The molecule has 1 saturated heterocycles. The highest BCUT2D eigenvalue weighted by atomic mass is 15.2. The van der Waals surface area contributed by atoms with Crippen LogP contribution in [-0.4, -0.2) is 36.6 Å². The van der Waals surface area contributed by atoms with E-state index in [1.54, 1.807) is 0 Å². The number of rotatable bonds is 4. The second-order valence-electron chi connectivity index (χ2n) is 8.03. The molecular formula is C19H32N2. The van der Waals surface area contributed by atoms with Gasteiger partial charge in [0.25, 0.3) is 0 Å².